The van der Waals surface area contributed by atoms with Gasteiger partial charge in [-0.05, 0) is 37.6 Å². The van der Waals surface area contributed by atoms with Crippen molar-refractivity contribution in [2.45, 2.75) is 37.2 Å². The summed E-state index contributed by atoms with van der Waals surface area (Å²) in [7, 11) is -3.81. The maximum atomic E-state index is 12.9. The Bertz CT molecular complexity index is 866. The van der Waals surface area contributed by atoms with Crippen molar-refractivity contribution in [3.05, 3.63) is 41.8 Å². The van der Waals surface area contributed by atoms with Gasteiger partial charge in [-0.25, -0.2) is 17.5 Å². The standard InChI is InChI=1S/C15H17FN4O4S/c1-2-20-12(7-8-14(20)21)15-18-13(19-24-15)9-17-25(22,23)11-5-3-10(16)4-6-11/h3-6,12,17H,2,7-9H2,1H3/t12-/m0/s1. The smallest absolute Gasteiger partial charge is 0.249 e. The van der Waals surface area contributed by atoms with Gasteiger partial charge >= 0.3 is 0 Å². The van der Waals surface area contributed by atoms with Gasteiger partial charge in [0.2, 0.25) is 21.8 Å². The van der Waals surface area contributed by atoms with E-state index in [1.54, 1.807) is 4.90 Å². The highest BCUT2D eigenvalue weighted by Gasteiger charge is 2.34. The van der Waals surface area contributed by atoms with Crippen molar-refractivity contribution in [3.8, 4) is 0 Å². The van der Waals surface area contributed by atoms with Crippen LogP contribution in [0.15, 0.2) is 33.7 Å². The largest absolute Gasteiger partial charge is 0.337 e. The summed E-state index contributed by atoms with van der Waals surface area (Å²) in [5, 5.41) is 3.75. The van der Waals surface area contributed by atoms with E-state index in [2.05, 4.69) is 14.9 Å². The molecule has 0 spiro atoms. The number of likely N-dealkylation sites (tertiary alicyclic amines) is 1. The Labute approximate surface area is 144 Å². The van der Waals surface area contributed by atoms with Gasteiger partial charge in [0.05, 0.1) is 11.4 Å². The molecular formula is C15H17FN4O4S. The molecule has 0 bridgehead atoms. The van der Waals surface area contributed by atoms with E-state index in [0.29, 0.717) is 25.3 Å². The number of amides is 1. The van der Waals surface area contributed by atoms with Crippen LogP contribution in [0.4, 0.5) is 4.39 Å². The van der Waals surface area contributed by atoms with Crippen LogP contribution in [0.2, 0.25) is 0 Å². The van der Waals surface area contributed by atoms with Crippen molar-refractivity contribution in [2.75, 3.05) is 6.54 Å². The lowest BCUT2D eigenvalue weighted by Crippen LogP contribution is -2.27. The first kappa shape index (κ1) is 17.5. The third-order valence-corrected chi connectivity index (χ3v) is 5.40. The summed E-state index contributed by atoms with van der Waals surface area (Å²) in [6.45, 7) is 2.23. The zero-order valence-corrected chi connectivity index (χ0v) is 14.3. The number of aromatic nitrogens is 2. The molecule has 0 saturated carbocycles. The number of rotatable bonds is 6. The van der Waals surface area contributed by atoms with Gasteiger partial charge in [-0.3, -0.25) is 4.79 Å². The minimum atomic E-state index is -3.81. The van der Waals surface area contributed by atoms with E-state index in [1.807, 2.05) is 6.92 Å². The molecule has 1 N–H and O–H groups in total. The number of carbonyl (C=O) groups is 1. The molecule has 1 aromatic carbocycles. The van der Waals surface area contributed by atoms with E-state index in [1.165, 1.54) is 12.1 Å². The highest BCUT2D eigenvalue weighted by atomic mass is 32.2. The molecular weight excluding hydrogens is 351 g/mol. The molecule has 1 aromatic heterocycles. The summed E-state index contributed by atoms with van der Waals surface area (Å²) >= 11 is 0. The van der Waals surface area contributed by atoms with Gasteiger partial charge in [-0.2, -0.15) is 4.98 Å². The second kappa shape index (κ2) is 6.89. The van der Waals surface area contributed by atoms with Gasteiger partial charge < -0.3 is 9.42 Å². The van der Waals surface area contributed by atoms with Crippen molar-refractivity contribution in [2.24, 2.45) is 0 Å². The average Bonchev–Trinajstić information content (AvgIpc) is 3.19. The fourth-order valence-electron chi connectivity index (χ4n) is 2.72. The second-order valence-corrected chi connectivity index (χ2v) is 7.33. The first-order chi connectivity index (χ1) is 11.9. The number of nitrogens with zero attached hydrogens (tertiary/aromatic N) is 3. The third kappa shape index (κ3) is 3.69. The Morgan fingerprint density at radius 2 is 2.08 bits per heavy atom. The maximum absolute atomic E-state index is 12.9. The van der Waals surface area contributed by atoms with Crippen LogP contribution < -0.4 is 4.72 Å². The number of nitrogens with one attached hydrogen (secondary N) is 1. The summed E-state index contributed by atoms with van der Waals surface area (Å²) in [5.74, 6) is -0.0302. The lowest BCUT2D eigenvalue weighted by Gasteiger charge is -2.19. The average molecular weight is 368 g/mol. The van der Waals surface area contributed by atoms with E-state index >= 15 is 0 Å². The number of carbonyl (C=O) groups excluding carboxylic acids is 1. The van der Waals surface area contributed by atoms with E-state index in [0.717, 1.165) is 12.1 Å². The molecule has 25 heavy (non-hydrogen) atoms. The van der Waals surface area contributed by atoms with Crippen LogP contribution >= 0.6 is 0 Å². The van der Waals surface area contributed by atoms with Crippen LogP contribution in [0.25, 0.3) is 0 Å². The molecule has 0 radical (unpaired) electrons. The molecule has 0 unspecified atom stereocenters. The molecule has 10 heteroatoms. The highest BCUT2D eigenvalue weighted by molar-refractivity contribution is 7.89. The normalized spacial score (nSPS) is 18.1. The zero-order valence-electron chi connectivity index (χ0n) is 13.5. The quantitative estimate of drug-likeness (QED) is 0.826. The molecule has 1 fully saturated rings. The molecule has 0 aliphatic carbocycles. The Morgan fingerprint density at radius 3 is 2.76 bits per heavy atom. The number of sulfonamides is 1. The highest BCUT2D eigenvalue weighted by Crippen LogP contribution is 2.31. The van der Waals surface area contributed by atoms with E-state index in [-0.39, 0.29) is 29.2 Å². The van der Waals surface area contributed by atoms with E-state index in [4.69, 9.17) is 4.52 Å². The predicted molar refractivity (Wildman–Crippen MR) is 84.1 cm³/mol. The molecule has 3 rings (SSSR count). The number of hydrogen-bond donors (Lipinski definition) is 1. The summed E-state index contributed by atoms with van der Waals surface area (Å²) in [4.78, 5) is 17.5. The fraction of sp³-hybridized carbons (Fsp3) is 0.400. The van der Waals surface area contributed by atoms with Gasteiger partial charge in [0.1, 0.15) is 11.9 Å². The number of benzene rings is 1. The molecule has 1 amide bonds. The van der Waals surface area contributed by atoms with Gasteiger partial charge in [0.25, 0.3) is 0 Å². The Balaban J connectivity index is 1.68. The van der Waals surface area contributed by atoms with Gasteiger partial charge in [-0.15, -0.1) is 0 Å². The van der Waals surface area contributed by atoms with Crippen molar-refractivity contribution < 1.29 is 22.1 Å². The minimum absolute atomic E-state index is 0.0317. The van der Waals surface area contributed by atoms with Crippen molar-refractivity contribution in [1.29, 1.82) is 0 Å². The first-order valence-electron chi connectivity index (χ1n) is 7.78. The van der Waals surface area contributed by atoms with Gasteiger partial charge in [0.15, 0.2) is 5.82 Å². The molecule has 2 heterocycles. The molecule has 2 aromatic rings. The maximum Gasteiger partial charge on any atom is 0.249 e. The fourth-order valence-corrected chi connectivity index (χ4v) is 3.70. The Hall–Kier alpha value is -2.33. The molecule has 1 aliphatic rings. The van der Waals surface area contributed by atoms with Crippen LogP contribution in [0.1, 0.15) is 37.5 Å². The summed E-state index contributed by atoms with van der Waals surface area (Å²) in [5.41, 5.74) is 0. The molecule has 8 nitrogen and oxygen atoms in total. The van der Waals surface area contributed by atoms with Gasteiger partial charge in [-0.1, -0.05) is 5.16 Å². The Kier molecular flexibility index (Phi) is 4.82. The zero-order chi connectivity index (χ0) is 18.0. The van der Waals surface area contributed by atoms with Crippen LogP contribution in [0.3, 0.4) is 0 Å². The second-order valence-electron chi connectivity index (χ2n) is 5.56. The summed E-state index contributed by atoms with van der Waals surface area (Å²) < 4.78 is 44.7. The SMILES string of the molecule is CCN1C(=O)CC[C@H]1c1nc(CNS(=O)(=O)c2ccc(F)cc2)no1. The number of halogens is 1. The minimum Gasteiger partial charge on any atom is -0.337 e. The Morgan fingerprint density at radius 1 is 1.36 bits per heavy atom. The van der Waals surface area contributed by atoms with Crippen LogP contribution in [-0.2, 0) is 21.4 Å². The van der Waals surface area contributed by atoms with Crippen LogP contribution in [0.5, 0.6) is 0 Å². The topological polar surface area (TPSA) is 105 Å². The first-order valence-corrected chi connectivity index (χ1v) is 9.26. The number of hydrogen-bond acceptors (Lipinski definition) is 6. The monoisotopic (exact) mass is 368 g/mol. The van der Waals surface area contributed by atoms with E-state index < -0.39 is 15.8 Å². The summed E-state index contributed by atoms with van der Waals surface area (Å²) in [6, 6.07) is 4.20. The van der Waals surface area contributed by atoms with E-state index in [9.17, 15) is 17.6 Å². The van der Waals surface area contributed by atoms with Crippen LogP contribution in [0, 0.1) is 5.82 Å². The molecule has 134 valence electrons. The lowest BCUT2D eigenvalue weighted by molar-refractivity contribution is -0.129. The van der Waals surface area contributed by atoms with Gasteiger partial charge in [0, 0.05) is 13.0 Å². The predicted octanol–water partition coefficient (Wildman–Crippen LogP) is 1.37. The third-order valence-electron chi connectivity index (χ3n) is 3.98. The lowest BCUT2D eigenvalue weighted by atomic mass is 10.2. The molecule has 1 saturated heterocycles. The van der Waals surface area contributed by atoms with Crippen LogP contribution in [-0.4, -0.2) is 35.9 Å². The molecule has 1 atom stereocenters. The van der Waals surface area contributed by atoms with Crippen molar-refractivity contribution in [3.63, 3.8) is 0 Å². The van der Waals surface area contributed by atoms with Crippen molar-refractivity contribution >= 4 is 15.9 Å². The summed E-state index contributed by atoms with van der Waals surface area (Å²) in [6.07, 6.45) is 1.02. The molecule has 1 aliphatic heterocycles. The van der Waals surface area contributed by atoms with Crippen molar-refractivity contribution in [1.82, 2.24) is 19.8 Å².